The summed E-state index contributed by atoms with van der Waals surface area (Å²) >= 11 is 0. The molecule has 0 aromatic heterocycles. The van der Waals surface area contributed by atoms with Crippen LogP contribution in [-0.2, 0) is 6.42 Å². The van der Waals surface area contributed by atoms with Crippen LogP contribution in [0.2, 0.25) is 0 Å². The van der Waals surface area contributed by atoms with Gasteiger partial charge in [0.25, 0.3) is 0 Å². The zero-order chi connectivity index (χ0) is 10.1. The Morgan fingerprint density at radius 3 is 2.71 bits per heavy atom. The van der Waals surface area contributed by atoms with Crippen LogP contribution in [0.1, 0.15) is 17.2 Å². The van der Waals surface area contributed by atoms with Gasteiger partial charge in [0, 0.05) is 5.92 Å². The van der Waals surface area contributed by atoms with E-state index in [4.69, 9.17) is 0 Å². The summed E-state index contributed by atoms with van der Waals surface area (Å²) in [6.07, 6.45) is 1.10. The molecule has 0 amide bonds. The van der Waals surface area contributed by atoms with Crippen LogP contribution in [0, 0.1) is 5.92 Å². The summed E-state index contributed by atoms with van der Waals surface area (Å²) in [5.74, 6) is -0.245. The number of aliphatic hydroxyl groups is 2. The van der Waals surface area contributed by atoms with E-state index in [-0.39, 0.29) is 5.92 Å². The molecule has 2 N–H and O–H groups in total. The van der Waals surface area contributed by atoms with E-state index in [1.807, 2.05) is 24.3 Å². The lowest BCUT2D eigenvalue weighted by atomic mass is 9.79. The van der Waals surface area contributed by atoms with Gasteiger partial charge in [0.05, 0.1) is 12.2 Å². The highest BCUT2D eigenvalue weighted by Gasteiger charge is 2.32. The Morgan fingerprint density at radius 1 is 1.29 bits per heavy atom. The van der Waals surface area contributed by atoms with Crippen molar-refractivity contribution in [2.24, 2.45) is 5.92 Å². The second kappa shape index (κ2) is 3.56. The van der Waals surface area contributed by atoms with Crippen molar-refractivity contribution in [3.8, 4) is 0 Å². The third kappa shape index (κ3) is 1.37. The van der Waals surface area contributed by atoms with Gasteiger partial charge in [0.1, 0.15) is 0 Å². The number of hydrogen-bond donors (Lipinski definition) is 2. The quantitative estimate of drug-likeness (QED) is 0.658. The van der Waals surface area contributed by atoms with Gasteiger partial charge in [0.2, 0.25) is 0 Å². The smallest absolute Gasteiger partial charge is 0.0880 e. The molecule has 0 saturated heterocycles. The van der Waals surface area contributed by atoms with Gasteiger partial charge in [-0.1, -0.05) is 30.3 Å². The van der Waals surface area contributed by atoms with Crippen LogP contribution in [0.25, 0.3) is 0 Å². The fraction of sp³-hybridized carbons (Fsp3) is 0.333. The molecule has 0 heterocycles. The summed E-state index contributed by atoms with van der Waals surface area (Å²) in [4.78, 5) is 0. The molecule has 3 atom stereocenters. The minimum Gasteiger partial charge on any atom is -0.392 e. The van der Waals surface area contributed by atoms with Crippen LogP contribution in [0.5, 0.6) is 0 Å². The molecule has 2 heteroatoms. The molecule has 1 aliphatic rings. The van der Waals surface area contributed by atoms with E-state index in [0.29, 0.717) is 6.42 Å². The molecule has 2 rings (SSSR count). The third-order valence-corrected chi connectivity index (χ3v) is 2.88. The summed E-state index contributed by atoms with van der Waals surface area (Å²) < 4.78 is 0. The molecule has 0 radical (unpaired) electrons. The van der Waals surface area contributed by atoms with E-state index in [9.17, 15) is 10.2 Å². The normalized spacial score (nSPS) is 30.9. The molecule has 3 unspecified atom stereocenters. The van der Waals surface area contributed by atoms with Crippen molar-refractivity contribution in [1.29, 1.82) is 0 Å². The zero-order valence-electron chi connectivity index (χ0n) is 7.93. The minimum atomic E-state index is -0.618. The minimum absolute atomic E-state index is 0.245. The average Bonchev–Trinajstić information content (AvgIpc) is 2.18. The molecule has 74 valence electrons. The van der Waals surface area contributed by atoms with Gasteiger partial charge in [-0.3, -0.25) is 0 Å². The Kier molecular flexibility index (Phi) is 2.40. The largest absolute Gasteiger partial charge is 0.392 e. The van der Waals surface area contributed by atoms with Crippen molar-refractivity contribution < 1.29 is 10.2 Å². The van der Waals surface area contributed by atoms with Crippen LogP contribution in [0.4, 0.5) is 0 Å². The van der Waals surface area contributed by atoms with Crippen LogP contribution < -0.4 is 0 Å². The van der Waals surface area contributed by atoms with Crippen molar-refractivity contribution in [2.45, 2.75) is 18.6 Å². The average molecular weight is 190 g/mol. The molecular weight excluding hydrogens is 176 g/mol. The first-order valence-electron chi connectivity index (χ1n) is 4.80. The molecule has 1 aliphatic carbocycles. The fourth-order valence-corrected chi connectivity index (χ4v) is 2.07. The van der Waals surface area contributed by atoms with E-state index < -0.39 is 12.2 Å². The Bertz CT molecular complexity index is 346. The van der Waals surface area contributed by atoms with E-state index in [0.717, 1.165) is 11.1 Å². The molecule has 1 aromatic carbocycles. The van der Waals surface area contributed by atoms with Crippen molar-refractivity contribution in [3.63, 3.8) is 0 Å². The Balaban J connectivity index is 2.43. The van der Waals surface area contributed by atoms with Crippen LogP contribution in [0.15, 0.2) is 36.9 Å². The molecule has 0 aliphatic heterocycles. The lowest BCUT2D eigenvalue weighted by molar-refractivity contribution is 0.0245. The fourth-order valence-electron chi connectivity index (χ4n) is 2.07. The van der Waals surface area contributed by atoms with Gasteiger partial charge in [0.15, 0.2) is 0 Å². The first kappa shape index (κ1) is 9.44. The zero-order valence-corrected chi connectivity index (χ0v) is 7.93. The van der Waals surface area contributed by atoms with E-state index in [1.54, 1.807) is 6.08 Å². The topological polar surface area (TPSA) is 40.5 Å². The predicted octanol–water partition coefficient (Wildman–Crippen LogP) is 1.44. The van der Waals surface area contributed by atoms with Gasteiger partial charge < -0.3 is 10.2 Å². The lowest BCUT2D eigenvalue weighted by Crippen LogP contribution is -2.32. The third-order valence-electron chi connectivity index (χ3n) is 2.88. The molecule has 0 bridgehead atoms. The van der Waals surface area contributed by atoms with Crippen LogP contribution in [-0.4, -0.2) is 16.3 Å². The van der Waals surface area contributed by atoms with Gasteiger partial charge in [-0.2, -0.15) is 0 Å². The number of aliphatic hydroxyl groups excluding tert-OH is 2. The van der Waals surface area contributed by atoms with E-state index in [1.165, 1.54) is 0 Å². The summed E-state index contributed by atoms with van der Waals surface area (Å²) in [6, 6.07) is 7.68. The second-order valence-electron chi connectivity index (χ2n) is 3.73. The molecular formula is C12H14O2. The number of rotatable bonds is 1. The summed E-state index contributed by atoms with van der Waals surface area (Å²) in [5, 5.41) is 19.7. The molecule has 14 heavy (non-hydrogen) atoms. The molecule has 0 spiro atoms. The van der Waals surface area contributed by atoms with Gasteiger partial charge >= 0.3 is 0 Å². The maximum absolute atomic E-state index is 9.96. The maximum Gasteiger partial charge on any atom is 0.0880 e. The number of fused-ring (bicyclic) bond motifs is 1. The molecule has 2 nitrogen and oxygen atoms in total. The SMILES string of the molecule is C=CC1C(O)Cc2ccccc2C1O. The Labute approximate surface area is 83.5 Å². The number of benzene rings is 1. The van der Waals surface area contributed by atoms with Crippen LogP contribution >= 0.6 is 0 Å². The first-order chi connectivity index (χ1) is 6.74. The van der Waals surface area contributed by atoms with E-state index in [2.05, 4.69) is 6.58 Å². The van der Waals surface area contributed by atoms with Gasteiger partial charge in [-0.15, -0.1) is 6.58 Å². The standard InChI is InChI=1S/C12H14O2/c1-2-9-11(13)7-8-5-3-4-6-10(8)12(9)14/h2-6,9,11-14H,1,7H2. The van der Waals surface area contributed by atoms with Crippen molar-refractivity contribution in [1.82, 2.24) is 0 Å². The molecule has 1 aromatic rings. The monoisotopic (exact) mass is 190 g/mol. The number of hydrogen-bond acceptors (Lipinski definition) is 2. The first-order valence-corrected chi connectivity index (χ1v) is 4.80. The molecule has 0 saturated carbocycles. The molecule has 0 fully saturated rings. The summed E-state index contributed by atoms with van der Waals surface area (Å²) in [6.45, 7) is 3.64. The second-order valence-corrected chi connectivity index (χ2v) is 3.73. The lowest BCUT2D eigenvalue weighted by Gasteiger charge is -2.32. The Morgan fingerprint density at radius 2 is 2.00 bits per heavy atom. The van der Waals surface area contributed by atoms with Crippen molar-refractivity contribution in [3.05, 3.63) is 48.0 Å². The summed E-state index contributed by atoms with van der Waals surface area (Å²) in [5.41, 5.74) is 1.95. The Hall–Kier alpha value is -1.12. The predicted molar refractivity (Wildman–Crippen MR) is 54.8 cm³/mol. The highest BCUT2D eigenvalue weighted by molar-refractivity contribution is 5.33. The maximum atomic E-state index is 9.96. The van der Waals surface area contributed by atoms with Gasteiger partial charge in [-0.05, 0) is 17.5 Å². The highest BCUT2D eigenvalue weighted by Crippen LogP contribution is 2.34. The van der Waals surface area contributed by atoms with Crippen LogP contribution in [0.3, 0.4) is 0 Å². The highest BCUT2D eigenvalue weighted by atomic mass is 16.3. The van der Waals surface area contributed by atoms with Crippen molar-refractivity contribution in [2.75, 3.05) is 0 Å². The van der Waals surface area contributed by atoms with E-state index >= 15 is 0 Å². The van der Waals surface area contributed by atoms with Crippen molar-refractivity contribution >= 4 is 0 Å². The van der Waals surface area contributed by atoms with Gasteiger partial charge in [-0.25, -0.2) is 0 Å². The summed E-state index contributed by atoms with van der Waals surface area (Å²) in [7, 11) is 0.